The normalized spacial score (nSPS) is 24.2. The Labute approximate surface area is 130 Å². The van der Waals surface area contributed by atoms with Gasteiger partial charge >= 0.3 is 0 Å². The third kappa shape index (κ3) is 3.81. The van der Waals surface area contributed by atoms with E-state index >= 15 is 0 Å². The first-order valence-corrected chi connectivity index (χ1v) is 8.76. The van der Waals surface area contributed by atoms with Crippen molar-refractivity contribution in [3.63, 3.8) is 0 Å². The Hall–Kier alpha value is -0.980. The van der Waals surface area contributed by atoms with Crippen molar-refractivity contribution in [1.29, 1.82) is 0 Å². The molecular weight excluding hydrogens is 284 g/mol. The summed E-state index contributed by atoms with van der Waals surface area (Å²) in [5.41, 5.74) is 1.16. The van der Waals surface area contributed by atoms with Crippen molar-refractivity contribution in [2.75, 3.05) is 32.7 Å². The molecular formula is C15H24N4OS. The van der Waals surface area contributed by atoms with Gasteiger partial charge in [0.25, 0.3) is 0 Å². The molecule has 0 unspecified atom stereocenters. The van der Waals surface area contributed by atoms with Gasteiger partial charge in [-0.2, -0.15) is 0 Å². The summed E-state index contributed by atoms with van der Waals surface area (Å²) in [7, 11) is 0. The number of hydrogen-bond donors (Lipinski definition) is 1. The summed E-state index contributed by atoms with van der Waals surface area (Å²) >= 11 is 1.71. The van der Waals surface area contributed by atoms with Crippen LogP contribution in [0.1, 0.15) is 30.0 Å². The molecule has 1 aromatic heterocycles. The quantitative estimate of drug-likeness (QED) is 0.913. The maximum atomic E-state index is 12.5. The van der Waals surface area contributed by atoms with Crippen LogP contribution < -0.4 is 5.32 Å². The Balaban J connectivity index is 1.47. The molecule has 21 heavy (non-hydrogen) atoms. The van der Waals surface area contributed by atoms with Crippen LogP contribution in [-0.4, -0.2) is 59.5 Å². The third-order valence-electron chi connectivity index (χ3n) is 4.34. The van der Waals surface area contributed by atoms with E-state index in [-0.39, 0.29) is 6.04 Å². The van der Waals surface area contributed by atoms with Gasteiger partial charge in [0.2, 0.25) is 5.91 Å². The molecule has 5 nitrogen and oxygen atoms in total. The Bertz CT molecular complexity index is 476. The van der Waals surface area contributed by atoms with Crippen molar-refractivity contribution < 1.29 is 4.79 Å². The fourth-order valence-electron chi connectivity index (χ4n) is 3.12. The fourth-order valence-corrected chi connectivity index (χ4v) is 3.72. The fraction of sp³-hybridized carbons (Fsp3) is 0.733. The van der Waals surface area contributed by atoms with Crippen LogP contribution in [-0.2, 0) is 11.3 Å². The summed E-state index contributed by atoms with van der Waals surface area (Å²) in [5.74, 6) is 0.304. The molecule has 2 aliphatic heterocycles. The Kier molecular flexibility index (Phi) is 4.87. The Morgan fingerprint density at radius 1 is 1.38 bits per heavy atom. The molecule has 1 amide bonds. The van der Waals surface area contributed by atoms with Crippen molar-refractivity contribution in [1.82, 2.24) is 20.1 Å². The van der Waals surface area contributed by atoms with E-state index in [0.29, 0.717) is 5.91 Å². The molecule has 0 aromatic carbocycles. The summed E-state index contributed by atoms with van der Waals surface area (Å²) in [6.07, 6.45) is 3.37. The number of carbonyl (C=O) groups excluding carboxylic acids is 1. The van der Waals surface area contributed by atoms with Crippen LogP contribution in [0.25, 0.3) is 0 Å². The zero-order chi connectivity index (χ0) is 14.7. The second-order valence-electron chi connectivity index (χ2n) is 5.96. The first-order valence-electron chi connectivity index (χ1n) is 7.88. The number of thiazole rings is 1. The highest BCUT2D eigenvalue weighted by Crippen LogP contribution is 2.14. The first kappa shape index (κ1) is 14.9. The average molecular weight is 308 g/mol. The minimum atomic E-state index is 0.0616. The largest absolute Gasteiger partial charge is 0.339 e. The maximum Gasteiger partial charge on any atom is 0.239 e. The summed E-state index contributed by atoms with van der Waals surface area (Å²) < 4.78 is 0. The molecule has 1 aromatic rings. The van der Waals surface area contributed by atoms with E-state index in [0.717, 1.165) is 56.4 Å². The smallest absolute Gasteiger partial charge is 0.239 e. The van der Waals surface area contributed by atoms with E-state index < -0.39 is 0 Å². The van der Waals surface area contributed by atoms with Gasteiger partial charge in [0, 0.05) is 38.1 Å². The molecule has 0 radical (unpaired) electrons. The number of rotatable bonds is 3. The number of carbonyl (C=O) groups is 1. The summed E-state index contributed by atoms with van der Waals surface area (Å²) in [4.78, 5) is 21.4. The molecule has 1 atom stereocenters. The minimum absolute atomic E-state index is 0.0616. The van der Waals surface area contributed by atoms with Crippen LogP contribution in [0.4, 0.5) is 0 Å². The van der Waals surface area contributed by atoms with Gasteiger partial charge in [0.1, 0.15) is 0 Å². The number of nitrogens with zero attached hydrogens (tertiary/aromatic N) is 3. The number of aromatic nitrogens is 1. The topological polar surface area (TPSA) is 48.5 Å². The van der Waals surface area contributed by atoms with E-state index in [9.17, 15) is 4.79 Å². The standard InChI is InChI=1S/C15H24N4OS/c1-12-17-13(11-21-12)10-18-6-8-19(9-7-18)15(20)14-4-2-3-5-16-14/h11,14,16H,2-10H2,1H3/t14-/m0/s1. The zero-order valence-corrected chi connectivity index (χ0v) is 13.5. The summed E-state index contributed by atoms with van der Waals surface area (Å²) in [6.45, 7) is 7.54. The van der Waals surface area contributed by atoms with Gasteiger partial charge in [-0.3, -0.25) is 9.69 Å². The van der Waals surface area contributed by atoms with E-state index in [2.05, 4.69) is 20.6 Å². The number of aryl methyl sites for hydroxylation is 1. The van der Waals surface area contributed by atoms with Crippen LogP contribution in [0.2, 0.25) is 0 Å². The molecule has 0 spiro atoms. The lowest BCUT2D eigenvalue weighted by Gasteiger charge is -2.37. The summed E-state index contributed by atoms with van der Waals surface area (Å²) in [5, 5.41) is 6.62. The van der Waals surface area contributed by atoms with Crippen molar-refractivity contribution in [2.24, 2.45) is 0 Å². The van der Waals surface area contributed by atoms with Gasteiger partial charge in [-0.25, -0.2) is 4.98 Å². The van der Waals surface area contributed by atoms with Gasteiger partial charge in [-0.1, -0.05) is 6.42 Å². The lowest BCUT2D eigenvalue weighted by atomic mass is 10.0. The highest BCUT2D eigenvalue weighted by molar-refractivity contribution is 7.09. The molecule has 3 heterocycles. The number of nitrogens with one attached hydrogen (secondary N) is 1. The summed E-state index contributed by atoms with van der Waals surface area (Å²) in [6, 6.07) is 0.0616. The van der Waals surface area contributed by atoms with Crippen molar-refractivity contribution >= 4 is 17.2 Å². The molecule has 116 valence electrons. The Morgan fingerprint density at radius 2 is 2.19 bits per heavy atom. The third-order valence-corrected chi connectivity index (χ3v) is 5.17. The van der Waals surface area contributed by atoms with Crippen LogP contribution in [0.15, 0.2) is 5.38 Å². The van der Waals surface area contributed by atoms with E-state index in [1.165, 1.54) is 12.8 Å². The average Bonchev–Trinajstić information content (AvgIpc) is 2.93. The Morgan fingerprint density at radius 3 is 2.81 bits per heavy atom. The molecule has 6 heteroatoms. The van der Waals surface area contributed by atoms with Gasteiger partial charge in [-0.15, -0.1) is 11.3 Å². The predicted molar refractivity (Wildman–Crippen MR) is 84.3 cm³/mol. The van der Waals surface area contributed by atoms with Crippen LogP contribution >= 0.6 is 11.3 Å². The van der Waals surface area contributed by atoms with Crippen LogP contribution in [0.3, 0.4) is 0 Å². The number of amides is 1. The SMILES string of the molecule is Cc1nc(CN2CCN(C(=O)[C@@H]3CCCCN3)CC2)cs1. The highest BCUT2D eigenvalue weighted by Gasteiger charge is 2.28. The second kappa shape index (κ2) is 6.85. The number of piperazine rings is 1. The predicted octanol–water partition coefficient (Wildman–Crippen LogP) is 1.24. The van der Waals surface area contributed by atoms with Gasteiger partial charge in [0.05, 0.1) is 16.7 Å². The van der Waals surface area contributed by atoms with Crippen molar-refractivity contribution in [3.05, 3.63) is 16.1 Å². The van der Waals surface area contributed by atoms with Gasteiger partial charge < -0.3 is 10.2 Å². The lowest BCUT2D eigenvalue weighted by Crippen LogP contribution is -2.54. The number of piperidine rings is 1. The molecule has 0 bridgehead atoms. The molecule has 2 fully saturated rings. The molecule has 3 rings (SSSR count). The molecule has 2 saturated heterocycles. The zero-order valence-electron chi connectivity index (χ0n) is 12.7. The highest BCUT2D eigenvalue weighted by atomic mass is 32.1. The van der Waals surface area contributed by atoms with E-state index in [1.54, 1.807) is 11.3 Å². The first-order chi connectivity index (χ1) is 10.2. The van der Waals surface area contributed by atoms with Crippen molar-refractivity contribution in [3.8, 4) is 0 Å². The van der Waals surface area contributed by atoms with Gasteiger partial charge in [-0.05, 0) is 26.3 Å². The molecule has 0 saturated carbocycles. The lowest BCUT2D eigenvalue weighted by molar-refractivity contribution is -0.135. The number of hydrogen-bond acceptors (Lipinski definition) is 5. The van der Waals surface area contributed by atoms with Crippen LogP contribution in [0.5, 0.6) is 0 Å². The second-order valence-corrected chi connectivity index (χ2v) is 7.02. The molecule has 1 N–H and O–H groups in total. The molecule has 0 aliphatic carbocycles. The van der Waals surface area contributed by atoms with Crippen LogP contribution in [0, 0.1) is 6.92 Å². The molecule has 2 aliphatic rings. The van der Waals surface area contributed by atoms with Crippen molar-refractivity contribution in [2.45, 2.75) is 38.8 Å². The van der Waals surface area contributed by atoms with E-state index in [1.807, 2.05) is 11.8 Å². The van der Waals surface area contributed by atoms with E-state index in [4.69, 9.17) is 0 Å². The monoisotopic (exact) mass is 308 g/mol. The minimum Gasteiger partial charge on any atom is -0.339 e. The maximum absolute atomic E-state index is 12.5. The van der Waals surface area contributed by atoms with Gasteiger partial charge in [0.15, 0.2) is 0 Å².